The Morgan fingerprint density at radius 2 is 1.93 bits per heavy atom. The third-order valence-corrected chi connectivity index (χ3v) is 5.06. The first-order valence-corrected chi connectivity index (χ1v) is 9.91. The molecule has 1 heterocycles. The summed E-state index contributed by atoms with van der Waals surface area (Å²) in [5, 5.41) is 0.714. The summed E-state index contributed by atoms with van der Waals surface area (Å²) in [5.74, 6) is 0.791. The molecule has 4 nitrogen and oxygen atoms in total. The van der Waals surface area contributed by atoms with Gasteiger partial charge in [0.1, 0.15) is 5.75 Å². The number of hydrogen-bond acceptors (Lipinski definition) is 4. The van der Waals surface area contributed by atoms with Gasteiger partial charge in [0.15, 0.2) is 5.17 Å². The molecule has 0 spiro atoms. The molecular weight excluding hydrogens is 356 g/mol. The molecule has 0 saturated carbocycles. The molecule has 2 aromatic rings. The summed E-state index contributed by atoms with van der Waals surface area (Å²) >= 11 is 1.41. The van der Waals surface area contributed by atoms with E-state index in [-0.39, 0.29) is 11.9 Å². The van der Waals surface area contributed by atoms with Gasteiger partial charge in [0.25, 0.3) is 5.91 Å². The van der Waals surface area contributed by atoms with E-state index in [1.54, 1.807) is 4.90 Å². The number of nitrogens with zero attached hydrogens (tertiary/aromatic N) is 2. The molecule has 0 N–H and O–H groups in total. The number of benzene rings is 2. The molecule has 5 heteroatoms. The number of carbonyl (C=O) groups is 1. The highest BCUT2D eigenvalue weighted by Gasteiger charge is 2.35. The molecule has 0 atom stereocenters. The van der Waals surface area contributed by atoms with Gasteiger partial charge >= 0.3 is 0 Å². The van der Waals surface area contributed by atoms with Crippen LogP contribution in [-0.4, -0.2) is 28.6 Å². The molecule has 0 aromatic heterocycles. The molecule has 1 saturated heterocycles. The van der Waals surface area contributed by atoms with Gasteiger partial charge in [0.05, 0.1) is 17.2 Å². The molecule has 140 valence electrons. The van der Waals surface area contributed by atoms with E-state index in [9.17, 15) is 4.79 Å². The molecule has 27 heavy (non-hydrogen) atoms. The Labute approximate surface area is 164 Å². The van der Waals surface area contributed by atoms with Gasteiger partial charge < -0.3 is 4.74 Å². The van der Waals surface area contributed by atoms with Crippen LogP contribution < -0.4 is 4.74 Å². The van der Waals surface area contributed by atoms with Crippen LogP contribution in [0, 0.1) is 6.92 Å². The minimum absolute atomic E-state index is 0.0114. The quantitative estimate of drug-likeness (QED) is 0.652. The first-order valence-electron chi connectivity index (χ1n) is 9.09. The third-order valence-electron chi connectivity index (χ3n) is 4.08. The standard InChI is InChI=1S/C22H24N2O2S/c1-5-26-19-8-6-7-17(13-19)14-20-21(25)24(15(2)3)22(27-20)23-18-11-9-16(4)10-12-18/h6-15H,5H2,1-4H3/b20-14+,23-22?. The van der Waals surface area contributed by atoms with Gasteiger partial charge in [-0.2, -0.15) is 0 Å². The fraction of sp³-hybridized carbons (Fsp3) is 0.273. The Morgan fingerprint density at radius 1 is 1.19 bits per heavy atom. The average Bonchev–Trinajstić information content (AvgIpc) is 2.93. The Balaban J connectivity index is 1.93. The van der Waals surface area contributed by atoms with Gasteiger partial charge in [-0.3, -0.25) is 9.69 Å². The lowest BCUT2D eigenvalue weighted by atomic mass is 10.2. The number of thioether (sulfide) groups is 1. The fourth-order valence-electron chi connectivity index (χ4n) is 2.76. The van der Waals surface area contributed by atoms with E-state index in [0.717, 1.165) is 17.0 Å². The van der Waals surface area contributed by atoms with E-state index in [4.69, 9.17) is 9.73 Å². The van der Waals surface area contributed by atoms with Crippen LogP contribution in [0.1, 0.15) is 31.9 Å². The SMILES string of the molecule is CCOc1cccc(/C=C2/SC(=Nc3ccc(C)cc3)N(C(C)C)C2=O)c1. The highest BCUT2D eigenvalue weighted by atomic mass is 32.2. The van der Waals surface area contributed by atoms with Crippen molar-refractivity contribution in [1.29, 1.82) is 0 Å². The van der Waals surface area contributed by atoms with Gasteiger partial charge in [0.2, 0.25) is 0 Å². The van der Waals surface area contributed by atoms with Crippen LogP contribution in [0.25, 0.3) is 6.08 Å². The van der Waals surface area contributed by atoms with E-state index < -0.39 is 0 Å². The van der Waals surface area contributed by atoms with Crippen LogP contribution in [0.2, 0.25) is 0 Å². The molecular formula is C22H24N2O2S. The Morgan fingerprint density at radius 3 is 2.59 bits per heavy atom. The van der Waals surface area contributed by atoms with Crippen LogP contribution in [0.3, 0.4) is 0 Å². The van der Waals surface area contributed by atoms with Crippen molar-refractivity contribution in [3.05, 3.63) is 64.6 Å². The maximum absolute atomic E-state index is 12.9. The van der Waals surface area contributed by atoms with Crippen molar-refractivity contribution in [2.45, 2.75) is 33.7 Å². The van der Waals surface area contributed by atoms with Crippen molar-refractivity contribution in [3.63, 3.8) is 0 Å². The molecule has 0 aliphatic carbocycles. The zero-order valence-corrected chi connectivity index (χ0v) is 16.9. The average molecular weight is 381 g/mol. The zero-order chi connectivity index (χ0) is 19.4. The maximum Gasteiger partial charge on any atom is 0.266 e. The number of aryl methyl sites for hydroxylation is 1. The summed E-state index contributed by atoms with van der Waals surface area (Å²) in [6.45, 7) is 8.62. The lowest BCUT2D eigenvalue weighted by Crippen LogP contribution is -2.35. The van der Waals surface area contributed by atoms with Crippen LogP contribution in [-0.2, 0) is 4.79 Å². The predicted molar refractivity (Wildman–Crippen MR) is 113 cm³/mol. The predicted octanol–water partition coefficient (Wildman–Crippen LogP) is 5.41. The van der Waals surface area contributed by atoms with Crippen molar-refractivity contribution in [1.82, 2.24) is 4.90 Å². The molecule has 2 aromatic carbocycles. The fourth-order valence-corrected chi connectivity index (χ4v) is 3.88. The van der Waals surface area contributed by atoms with Crippen LogP contribution in [0.15, 0.2) is 58.4 Å². The van der Waals surface area contributed by atoms with Gasteiger partial charge in [0, 0.05) is 6.04 Å². The highest BCUT2D eigenvalue weighted by molar-refractivity contribution is 8.18. The molecule has 1 aliphatic heterocycles. The first kappa shape index (κ1) is 19.2. The highest BCUT2D eigenvalue weighted by Crippen LogP contribution is 2.35. The summed E-state index contributed by atoms with van der Waals surface area (Å²) in [6.07, 6.45) is 1.91. The second-order valence-electron chi connectivity index (χ2n) is 6.61. The second-order valence-corrected chi connectivity index (χ2v) is 7.62. The minimum atomic E-state index is -0.0114. The molecule has 0 radical (unpaired) electrons. The van der Waals surface area contributed by atoms with Crippen molar-refractivity contribution in [2.75, 3.05) is 6.61 Å². The van der Waals surface area contributed by atoms with Crippen molar-refractivity contribution >= 4 is 34.6 Å². The minimum Gasteiger partial charge on any atom is -0.494 e. The molecule has 1 fully saturated rings. The Bertz CT molecular complexity index is 885. The number of carbonyl (C=O) groups excluding carboxylic acids is 1. The van der Waals surface area contributed by atoms with Gasteiger partial charge in [-0.1, -0.05) is 29.8 Å². The topological polar surface area (TPSA) is 41.9 Å². The van der Waals surface area contributed by atoms with Crippen LogP contribution >= 0.6 is 11.8 Å². The lowest BCUT2D eigenvalue weighted by molar-refractivity contribution is -0.123. The summed E-state index contributed by atoms with van der Waals surface area (Å²) in [7, 11) is 0. The molecule has 3 rings (SSSR count). The van der Waals surface area contributed by atoms with Crippen LogP contribution in [0.4, 0.5) is 5.69 Å². The second kappa shape index (κ2) is 8.44. The zero-order valence-electron chi connectivity index (χ0n) is 16.1. The van der Waals surface area contributed by atoms with Gasteiger partial charge in [-0.15, -0.1) is 0 Å². The first-order chi connectivity index (χ1) is 13.0. The smallest absolute Gasteiger partial charge is 0.266 e. The molecule has 1 aliphatic rings. The maximum atomic E-state index is 12.9. The van der Waals surface area contributed by atoms with Crippen molar-refractivity contribution in [3.8, 4) is 5.75 Å². The van der Waals surface area contributed by atoms with Gasteiger partial charge in [-0.05, 0) is 75.4 Å². The number of ether oxygens (including phenoxy) is 1. The largest absolute Gasteiger partial charge is 0.494 e. The Kier molecular flexibility index (Phi) is 6.01. The summed E-state index contributed by atoms with van der Waals surface area (Å²) in [4.78, 5) is 20.1. The number of aliphatic imine (C=N–C) groups is 1. The monoisotopic (exact) mass is 380 g/mol. The third kappa shape index (κ3) is 4.61. The van der Waals surface area contributed by atoms with Crippen molar-refractivity contribution in [2.24, 2.45) is 4.99 Å². The molecule has 0 bridgehead atoms. The van der Waals surface area contributed by atoms with E-state index in [1.165, 1.54) is 17.3 Å². The number of amidine groups is 1. The Hall–Kier alpha value is -2.53. The van der Waals surface area contributed by atoms with Gasteiger partial charge in [-0.25, -0.2) is 4.99 Å². The van der Waals surface area contributed by atoms with Crippen molar-refractivity contribution < 1.29 is 9.53 Å². The normalized spacial score (nSPS) is 17.4. The number of hydrogen-bond donors (Lipinski definition) is 0. The summed E-state index contributed by atoms with van der Waals surface area (Å²) in [6, 6.07) is 15.8. The summed E-state index contributed by atoms with van der Waals surface area (Å²) < 4.78 is 5.55. The van der Waals surface area contributed by atoms with E-state index in [1.807, 2.05) is 82.3 Å². The summed E-state index contributed by atoms with van der Waals surface area (Å²) in [5.41, 5.74) is 2.97. The number of amides is 1. The number of rotatable bonds is 5. The molecule has 0 unspecified atom stereocenters. The van der Waals surface area contributed by atoms with Crippen LogP contribution in [0.5, 0.6) is 5.75 Å². The lowest BCUT2D eigenvalue weighted by Gasteiger charge is -2.19. The van der Waals surface area contributed by atoms with E-state index in [0.29, 0.717) is 16.7 Å². The van der Waals surface area contributed by atoms with E-state index >= 15 is 0 Å². The van der Waals surface area contributed by atoms with E-state index in [2.05, 4.69) is 0 Å². The molecule has 1 amide bonds.